The molecule has 3 heteroatoms. The van der Waals surface area contributed by atoms with Gasteiger partial charge < -0.3 is 0 Å². The lowest BCUT2D eigenvalue weighted by molar-refractivity contribution is 0.471. The Labute approximate surface area is 322 Å². The van der Waals surface area contributed by atoms with Crippen molar-refractivity contribution in [1.82, 2.24) is 14.4 Å². The number of imidazole rings is 1. The summed E-state index contributed by atoms with van der Waals surface area (Å²) in [6.45, 7) is 2.21. The molecule has 3 nitrogen and oxygen atoms in total. The molecule has 4 aliphatic rings. The average Bonchev–Trinajstić information content (AvgIpc) is 3.78. The average molecular weight is 708 g/mol. The first kappa shape index (κ1) is 32.1. The van der Waals surface area contributed by atoms with E-state index in [0.717, 1.165) is 59.4 Å². The maximum absolute atomic E-state index is 5.27. The second-order valence-electron chi connectivity index (χ2n) is 15.6. The molecule has 0 N–H and O–H groups in total. The Hall–Kier alpha value is -6.32. The first-order valence-corrected chi connectivity index (χ1v) is 19.8. The Morgan fingerprint density at radius 2 is 1.38 bits per heavy atom. The lowest BCUT2D eigenvalue weighted by Crippen LogP contribution is -2.30. The highest BCUT2D eigenvalue weighted by Gasteiger charge is 2.49. The van der Waals surface area contributed by atoms with Crippen molar-refractivity contribution in [2.75, 3.05) is 0 Å². The quantitative estimate of drug-likeness (QED) is 0.178. The van der Waals surface area contributed by atoms with Gasteiger partial charge in [0.1, 0.15) is 11.5 Å². The fraction of sp³-hybridized carbons (Fsp3) is 0.154. The largest absolute Gasteiger partial charge is 0.276 e. The maximum atomic E-state index is 5.27. The molecule has 2 unspecified atom stereocenters. The van der Waals surface area contributed by atoms with Crippen LogP contribution in [0.2, 0.25) is 0 Å². The molecule has 11 rings (SSSR count). The molecule has 2 heterocycles. The molecule has 264 valence electrons. The van der Waals surface area contributed by atoms with Crippen molar-refractivity contribution in [3.05, 3.63) is 209 Å². The standard InChI is InChI=1S/C52H41N3/c1-34-20-22-35(23-21-34)38-28-30-42-43-31-29-39(33-46(43)52(45(42)32-38,40-12-4-2-5-13-40)41-14-6-3-7-15-41)36-24-26-37(27-25-36)50-53-47-17-9-8-16-44(47)51-54-48-18-10-11-19-49(48)55(50)51/h2-7,9-15,17-22,24-27,29-33,35,38H,8,16,23,28H2,1H3. The van der Waals surface area contributed by atoms with Gasteiger partial charge >= 0.3 is 0 Å². The van der Waals surface area contributed by atoms with Crippen LogP contribution in [-0.2, 0) is 11.8 Å². The van der Waals surface area contributed by atoms with Crippen molar-refractivity contribution >= 4 is 28.3 Å². The topological polar surface area (TPSA) is 30.2 Å². The van der Waals surface area contributed by atoms with Crippen molar-refractivity contribution in [3.63, 3.8) is 0 Å². The van der Waals surface area contributed by atoms with Gasteiger partial charge in [0.15, 0.2) is 0 Å². The Morgan fingerprint density at radius 1 is 0.673 bits per heavy atom. The second-order valence-corrected chi connectivity index (χ2v) is 15.6. The van der Waals surface area contributed by atoms with Crippen LogP contribution in [-0.4, -0.2) is 14.4 Å². The highest BCUT2D eigenvalue weighted by Crippen LogP contribution is 2.59. The number of aryl methyl sites for hydroxylation is 1. The van der Waals surface area contributed by atoms with Crippen molar-refractivity contribution in [2.24, 2.45) is 11.8 Å². The zero-order chi connectivity index (χ0) is 36.5. The summed E-state index contributed by atoms with van der Waals surface area (Å²) in [4.78, 5) is 10.4. The van der Waals surface area contributed by atoms with E-state index in [1.54, 1.807) is 0 Å². The summed E-state index contributed by atoms with van der Waals surface area (Å²) in [7, 11) is 0. The molecule has 0 fully saturated rings. The van der Waals surface area contributed by atoms with Crippen LogP contribution in [0.15, 0.2) is 175 Å². The van der Waals surface area contributed by atoms with Crippen molar-refractivity contribution in [1.29, 1.82) is 0 Å². The maximum Gasteiger partial charge on any atom is 0.146 e. The number of benzene rings is 5. The lowest BCUT2D eigenvalue weighted by Gasteiger charge is -2.37. The van der Waals surface area contributed by atoms with Crippen LogP contribution in [0.4, 0.5) is 0 Å². The molecule has 0 saturated carbocycles. The molecule has 0 bridgehead atoms. The zero-order valence-corrected chi connectivity index (χ0v) is 31.0. The third-order valence-electron chi connectivity index (χ3n) is 12.6. The molecule has 0 amide bonds. The first-order valence-electron chi connectivity index (χ1n) is 19.8. The van der Waals surface area contributed by atoms with Crippen molar-refractivity contribution in [2.45, 2.75) is 38.0 Å². The Balaban J connectivity index is 1.07. The van der Waals surface area contributed by atoms with Gasteiger partial charge in [-0.3, -0.25) is 4.40 Å². The predicted molar refractivity (Wildman–Crippen MR) is 227 cm³/mol. The Kier molecular flexibility index (Phi) is 7.38. The summed E-state index contributed by atoms with van der Waals surface area (Å²) in [5.74, 6) is 1.87. The van der Waals surface area contributed by atoms with E-state index in [-0.39, 0.29) is 0 Å². The van der Waals surface area contributed by atoms with E-state index in [4.69, 9.17) is 9.97 Å². The van der Waals surface area contributed by atoms with Crippen LogP contribution >= 0.6 is 0 Å². The van der Waals surface area contributed by atoms with Crippen LogP contribution in [0, 0.1) is 11.8 Å². The number of fused-ring (bicyclic) bond motifs is 8. The Bertz CT molecular complexity index is 2770. The second kappa shape index (κ2) is 12.6. The van der Waals surface area contributed by atoms with E-state index in [0.29, 0.717) is 11.8 Å². The minimum atomic E-state index is -0.433. The molecule has 2 aromatic heterocycles. The molecule has 4 aliphatic carbocycles. The molecule has 2 atom stereocenters. The van der Waals surface area contributed by atoms with Crippen LogP contribution in [0.1, 0.15) is 59.7 Å². The fourth-order valence-electron chi connectivity index (χ4n) is 9.85. The van der Waals surface area contributed by atoms with Crippen LogP contribution in [0.3, 0.4) is 0 Å². The molecule has 0 spiro atoms. The number of hydrogen-bond donors (Lipinski definition) is 0. The minimum absolute atomic E-state index is 0.433. The van der Waals surface area contributed by atoms with E-state index < -0.39 is 5.41 Å². The van der Waals surface area contributed by atoms with Crippen molar-refractivity contribution < 1.29 is 0 Å². The minimum Gasteiger partial charge on any atom is -0.276 e. The molecular formula is C52H41N3. The lowest BCUT2D eigenvalue weighted by atomic mass is 9.65. The third kappa shape index (κ3) is 4.96. The van der Waals surface area contributed by atoms with Gasteiger partial charge in [-0.05, 0) is 113 Å². The first-order chi connectivity index (χ1) is 27.2. The number of aromatic nitrogens is 3. The zero-order valence-electron chi connectivity index (χ0n) is 31.0. The number of nitrogens with zero attached hydrogens (tertiary/aromatic N) is 3. The highest BCUT2D eigenvalue weighted by atomic mass is 15.1. The van der Waals surface area contributed by atoms with Crippen LogP contribution < -0.4 is 0 Å². The van der Waals surface area contributed by atoms with E-state index in [1.807, 2.05) is 0 Å². The summed E-state index contributed by atoms with van der Waals surface area (Å²) >= 11 is 0. The number of para-hydroxylation sites is 2. The number of rotatable bonds is 5. The third-order valence-corrected chi connectivity index (χ3v) is 12.6. The highest BCUT2D eigenvalue weighted by molar-refractivity contribution is 5.96. The molecule has 5 aromatic carbocycles. The number of hydrogen-bond acceptors (Lipinski definition) is 2. The van der Waals surface area contributed by atoms with E-state index in [2.05, 4.69) is 181 Å². The summed E-state index contributed by atoms with van der Waals surface area (Å²) in [5.41, 5.74) is 17.9. The van der Waals surface area contributed by atoms with Gasteiger partial charge in [0.05, 0.1) is 22.1 Å². The van der Waals surface area contributed by atoms with Crippen LogP contribution in [0.5, 0.6) is 0 Å². The SMILES string of the molecule is CC1=CCC(C2C=C3C(=CC2)c2ccc(-c4ccc(-c5nc6c(c7nc8ccccc8n57)CCC=C6)cc4)cc2C3(c2ccccc2)c2ccccc2)C=C1. The smallest absolute Gasteiger partial charge is 0.146 e. The molecule has 7 aromatic rings. The normalized spacial score (nSPS) is 19.4. The van der Waals surface area contributed by atoms with E-state index in [9.17, 15) is 0 Å². The summed E-state index contributed by atoms with van der Waals surface area (Å²) < 4.78 is 2.27. The van der Waals surface area contributed by atoms with Crippen molar-refractivity contribution in [3.8, 4) is 22.5 Å². The fourth-order valence-corrected chi connectivity index (χ4v) is 9.85. The molecular weight excluding hydrogens is 667 g/mol. The molecule has 0 radical (unpaired) electrons. The monoisotopic (exact) mass is 707 g/mol. The van der Waals surface area contributed by atoms with Gasteiger partial charge in [-0.25, -0.2) is 9.97 Å². The van der Waals surface area contributed by atoms with Gasteiger partial charge in [0.2, 0.25) is 0 Å². The summed E-state index contributed by atoms with van der Waals surface area (Å²) in [6.07, 6.45) is 20.9. The van der Waals surface area contributed by atoms with Gasteiger partial charge in [0, 0.05) is 11.1 Å². The van der Waals surface area contributed by atoms with Gasteiger partial charge in [0.25, 0.3) is 0 Å². The van der Waals surface area contributed by atoms with Gasteiger partial charge in [-0.1, -0.05) is 151 Å². The van der Waals surface area contributed by atoms with Crippen LogP contribution in [0.25, 0.3) is 50.8 Å². The predicted octanol–water partition coefficient (Wildman–Crippen LogP) is 12.4. The summed E-state index contributed by atoms with van der Waals surface area (Å²) in [6, 6.07) is 47.0. The Morgan fingerprint density at radius 3 is 2.15 bits per heavy atom. The molecule has 55 heavy (non-hydrogen) atoms. The number of allylic oxidation sites excluding steroid dienone is 9. The molecule has 0 aliphatic heterocycles. The van der Waals surface area contributed by atoms with E-state index in [1.165, 1.54) is 55.7 Å². The van der Waals surface area contributed by atoms with E-state index >= 15 is 0 Å². The summed E-state index contributed by atoms with van der Waals surface area (Å²) in [5, 5.41) is 0. The molecule has 0 saturated heterocycles. The van der Waals surface area contributed by atoms with Gasteiger partial charge in [-0.15, -0.1) is 0 Å². The van der Waals surface area contributed by atoms with Gasteiger partial charge in [-0.2, -0.15) is 0 Å².